The van der Waals surface area contributed by atoms with E-state index in [1.165, 1.54) is 6.07 Å². The van der Waals surface area contributed by atoms with Gasteiger partial charge in [-0.15, -0.1) is 0 Å². The summed E-state index contributed by atoms with van der Waals surface area (Å²) in [6.45, 7) is 0.265. The molecule has 0 saturated heterocycles. The molecule has 0 radical (unpaired) electrons. The second kappa shape index (κ2) is 6.20. The Labute approximate surface area is 111 Å². The average Bonchev–Trinajstić information content (AvgIpc) is 2.47. The van der Waals surface area contributed by atoms with Crippen molar-refractivity contribution in [3.05, 3.63) is 59.9 Å². The number of rotatable bonds is 5. The Morgan fingerprint density at radius 3 is 2.37 bits per heavy atom. The molecule has 0 aromatic heterocycles. The first-order chi connectivity index (χ1) is 9.24. The zero-order chi connectivity index (χ0) is 13.7. The Hall–Kier alpha value is -2.07. The first kappa shape index (κ1) is 13.4. The van der Waals surface area contributed by atoms with Crippen LogP contribution in [0.2, 0.25) is 0 Å². The molecule has 0 fully saturated rings. The van der Waals surface area contributed by atoms with Gasteiger partial charge in [-0.3, -0.25) is 0 Å². The summed E-state index contributed by atoms with van der Waals surface area (Å²) in [4.78, 5) is 0. The van der Waals surface area contributed by atoms with Crippen LogP contribution in [0.15, 0.2) is 48.5 Å². The summed E-state index contributed by atoms with van der Waals surface area (Å²) in [5.41, 5.74) is 6.58. The van der Waals surface area contributed by atoms with Gasteiger partial charge in [0, 0.05) is 6.54 Å². The molecule has 0 aliphatic carbocycles. The predicted molar refractivity (Wildman–Crippen MR) is 71.8 cm³/mol. The molecule has 0 heterocycles. The van der Waals surface area contributed by atoms with Crippen LogP contribution in [0.4, 0.5) is 4.39 Å². The Balaban J connectivity index is 2.17. The number of hydrogen-bond acceptors (Lipinski definition) is 3. The number of ether oxygens (including phenoxy) is 2. The summed E-state index contributed by atoms with van der Waals surface area (Å²) < 4.78 is 24.2. The van der Waals surface area contributed by atoms with Gasteiger partial charge in [-0.2, -0.15) is 0 Å². The van der Waals surface area contributed by atoms with E-state index in [1.54, 1.807) is 25.3 Å². The lowest BCUT2D eigenvalue weighted by Gasteiger charge is -2.18. The summed E-state index contributed by atoms with van der Waals surface area (Å²) in [6, 6.07) is 13.6. The van der Waals surface area contributed by atoms with E-state index in [0.717, 1.165) is 11.3 Å². The lowest BCUT2D eigenvalue weighted by Crippen LogP contribution is -2.18. The fraction of sp³-hybridized carbons (Fsp3) is 0.200. The van der Waals surface area contributed by atoms with E-state index in [0.29, 0.717) is 0 Å². The van der Waals surface area contributed by atoms with Crippen LogP contribution in [-0.2, 0) is 0 Å². The van der Waals surface area contributed by atoms with E-state index in [1.807, 2.05) is 24.3 Å². The van der Waals surface area contributed by atoms with E-state index in [2.05, 4.69) is 0 Å². The van der Waals surface area contributed by atoms with Crippen LogP contribution >= 0.6 is 0 Å². The molecule has 19 heavy (non-hydrogen) atoms. The van der Waals surface area contributed by atoms with Crippen molar-refractivity contribution >= 4 is 0 Å². The molecule has 1 unspecified atom stereocenters. The summed E-state index contributed by atoms with van der Waals surface area (Å²) in [7, 11) is 1.60. The summed E-state index contributed by atoms with van der Waals surface area (Å²) in [5.74, 6) is 0.564. The molecular weight excluding hydrogens is 245 g/mol. The zero-order valence-electron chi connectivity index (χ0n) is 10.7. The molecule has 2 N–H and O–H groups in total. The van der Waals surface area contributed by atoms with Crippen molar-refractivity contribution in [2.24, 2.45) is 5.73 Å². The van der Waals surface area contributed by atoms with Gasteiger partial charge in [0.15, 0.2) is 11.6 Å². The molecule has 0 bridgehead atoms. The number of methoxy groups -OCH3 is 1. The van der Waals surface area contributed by atoms with Gasteiger partial charge in [-0.05, 0) is 29.8 Å². The second-order valence-corrected chi connectivity index (χ2v) is 4.05. The fourth-order valence-corrected chi connectivity index (χ4v) is 1.76. The molecule has 0 spiro atoms. The summed E-state index contributed by atoms with van der Waals surface area (Å²) >= 11 is 0. The van der Waals surface area contributed by atoms with Gasteiger partial charge in [0.2, 0.25) is 0 Å². The van der Waals surface area contributed by atoms with E-state index in [-0.39, 0.29) is 18.4 Å². The highest BCUT2D eigenvalue weighted by atomic mass is 19.1. The number of benzene rings is 2. The van der Waals surface area contributed by atoms with Crippen LogP contribution in [0.25, 0.3) is 0 Å². The minimum absolute atomic E-state index is 0.203. The Kier molecular flexibility index (Phi) is 4.36. The maximum atomic E-state index is 13.5. The van der Waals surface area contributed by atoms with Crippen molar-refractivity contribution in [3.63, 3.8) is 0 Å². The van der Waals surface area contributed by atoms with Gasteiger partial charge in [0.25, 0.3) is 0 Å². The topological polar surface area (TPSA) is 44.5 Å². The monoisotopic (exact) mass is 261 g/mol. The average molecular weight is 261 g/mol. The maximum absolute atomic E-state index is 13.5. The minimum atomic E-state index is -0.394. The largest absolute Gasteiger partial charge is 0.497 e. The van der Waals surface area contributed by atoms with Crippen molar-refractivity contribution in [1.82, 2.24) is 0 Å². The first-order valence-corrected chi connectivity index (χ1v) is 6.00. The third-order valence-electron chi connectivity index (χ3n) is 2.81. The minimum Gasteiger partial charge on any atom is -0.497 e. The lowest BCUT2D eigenvalue weighted by molar-refractivity contribution is 0.204. The van der Waals surface area contributed by atoms with Crippen molar-refractivity contribution in [3.8, 4) is 11.5 Å². The van der Waals surface area contributed by atoms with Crippen molar-refractivity contribution in [1.29, 1.82) is 0 Å². The molecule has 2 aromatic rings. The molecule has 4 heteroatoms. The third-order valence-corrected chi connectivity index (χ3v) is 2.81. The fourth-order valence-electron chi connectivity index (χ4n) is 1.76. The van der Waals surface area contributed by atoms with Crippen molar-refractivity contribution in [2.75, 3.05) is 13.7 Å². The van der Waals surface area contributed by atoms with E-state index in [4.69, 9.17) is 15.2 Å². The summed E-state index contributed by atoms with van der Waals surface area (Å²) in [5, 5.41) is 0. The smallest absolute Gasteiger partial charge is 0.165 e. The molecule has 0 amide bonds. The van der Waals surface area contributed by atoms with Crippen LogP contribution < -0.4 is 15.2 Å². The molecule has 0 saturated carbocycles. The van der Waals surface area contributed by atoms with Crippen LogP contribution in [0.1, 0.15) is 11.7 Å². The zero-order valence-corrected chi connectivity index (χ0v) is 10.7. The number of para-hydroxylation sites is 1. The van der Waals surface area contributed by atoms with Gasteiger partial charge in [0.05, 0.1) is 7.11 Å². The highest BCUT2D eigenvalue weighted by Gasteiger charge is 2.13. The number of hydrogen-bond donors (Lipinski definition) is 1. The molecule has 2 aromatic carbocycles. The molecule has 2 rings (SSSR count). The molecule has 100 valence electrons. The molecule has 3 nitrogen and oxygen atoms in total. The first-order valence-electron chi connectivity index (χ1n) is 6.00. The number of halogens is 1. The van der Waals surface area contributed by atoms with Crippen LogP contribution in [-0.4, -0.2) is 13.7 Å². The number of nitrogens with two attached hydrogens (primary N) is 1. The molecule has 1 atom stereocenters. The van der Waals surface area contributed by atoms with E-state index in [9.17, 15) is 4.39 Å². The Morgan fingerprint density at radius 1 is 1.11 bits per heavy atom. The standard InChI is InChI=1S/C15H16FNO2/c1-18-12-8-6-11(7-9-12)15(10-17)19-14-5-3-2-4-13(14)16/h2-9,15H,10,17H2,1H3. The van der Waals surface area contributed by atoms with Crippen molar-refractivity contribution < 1.29 is 13.9 Å². The summed E-state index contributed by atoms with van der Waals surface area (Å²) in [6.07, 6.45) is -0.386. The van der Waals surface area contributed by atoms with Gasteiger partial charge < -0.3 is 15.2 Å². The molecular formula is C15H16FNO2. The Morgan fingerprint density at radius 2 is 1.79 bits per heavy atom. The van der Waals surface area contributed by atoms with Gasteiger partial charge in [-0.25, -0.2) is 4.39 Å². The third kappa shape index (κ3) is 3.23. The normalized spacial score (nSPS) is 11.9. The van der Waals surface area contributed by atoms with Gasteiger partial charge in [0.1, 0.15) is 11.9 Å². The molecule has 0 aliphatic heterocycles. The van der Waals surface area contributed by atoms with Gasteiger partial charge in [-0.1, -0.05) is 24.3 Å². The maximum Gasteiger partial charge on any atom is 0.165 e. The van der Waals surface area contributed by atoms with Crippen LogP contribution in [0.5, 0.6) is 11.5 Å². The lowest BCUT2D eigenvalue weighted by atomic mass is 10.1. The quantitative estimate of drug-likeness (QED) is 0.900. The van der Waals surface area contributed by atoms with Crippen molar-refractivity contribution in [2.45, 2.75) is 6.10 Å². The highest BCUT2D eigenvalue weighted by molar-refractivity contribution is 5.30. The van der Waals surface area contributed by atoms with Crippen LogP contribution in [0, 0.1) is 5.82 Å². The second-order valence-electron chi connectivity index (χ2n) is 4.05. The van der Waals surface area contributed by atoms with E-state index < -0.39 is 5.82 Å². The predicted octanol–water partition coefficient (Wildman–Crippen LogP) is 2.91. The highest BCUT2D eigenvalue weighted by Crippen LogP contribution is 2.25. The Bertz CT molecular complexity index is 528. The van der Waals surface area contributed by atoms with Gasteiger partial charge >= 0.3 is 0 Å². The SMILES string of the molecule is COc1ccc(C(CN)Oc2ccccc2F)cc1. The van der Waals surface area contributed by atoms with Crippen LogP contribution in [0.3, 0.4) is 0 Å². The molecule has 0 aliphatic rings. The van der Waals surface area contributed by atoms with E-state index >= 15 is 0 Å².